The zero-order valence-electron chi connectivity index (χ0n) is 14.2. The Labute approximate surface area is 146 Å². The van der Waals surface area contributed by atoms with E-state index in [0.717, 1.165) is 44.1 Å². The molecule has 1 spiro atoms. The molecule has 2 aliphatic rings. The highest BCUT2D eigenvalue weighted by atomic mass is 32.2. The Balaban J connectivity index is 1.46. The van der Waals surface area contributed by atoms with E-state index in [0.29, 0.717) is 23.8 Å². The SMILES string of the molecule is C[C@@H](Cc1ccc(C(F)(F)F)nc1)CN1CCC2(CC1)CS(=O)(=O)C2. The van der Waals surface area contributed by atoms with Crippen LogP contribution in [0.1, 0.15) is 31.0 Å². The molecule has 1 atom stereocenters. The van der Waals surface area contributed by atoms with Crippen molar-refractivity contribution in [3.63, 3.8) is 0 Å². The first-order valence-corrected chi connectivity index (χ1v) is 10.3. The Kier molecular flexibility index (Phi) is 4.87. The number of nitrogens with zero attached hydrogens (tertiary/aromatic N) is 2. The third-order valence-electron chi connectivity index (χ3n) is 5.24. The molecule has 4 nitrogen and oxygen atoms in total. The monoisotopic (exact) mass is 376 g/mol. The second-order valence-corrected chi connectivity index (χ2v) is 9.76. The molecule has 3 rings (SSSR count). The lowest BCUT2D eigenvalue weighted by atomic mass is 9.81. The Bertz CT molecular complexity index is 694. The lowest BCUT2D eigenvalue weighted by Gasteiger charge is -2.47. The highest BCUT2D eigenvalue weighted by molar-refractivity contribution is 7.92. The van der Waals surface area contributed by atoms with Crippen molar-refractivity contribution in [2.24, 2.45) is 11.3 Å². The predicted molar refractivity (Wildman–Crippen MR) is 88.9 cm³/mol. The van der Waals surface area contributed by atoms with Gasteiger partial charge in [-0.15, -0.1) is 0 Å². The third kappa shape index (κ3) is 4.53. The van der Waals surface area contributed by atoms with Gasteiger partial charge in [-0.05, 0) is 49.9 Å². The van der Waals surface area contributed by atoms with Gasteiger partial charge in [0.15, 0.2) is 9.84 Å². The number of sulfone groups is 1. The summed E-state index contributed by atoms with van der Waals surface area (Å²) in [5, 5.41) is 0. The van der Waals surface area contributed by atoms with Crippen molar-refractivity contribution in [3.8, 4) is 0 Å². The van der Waals surface area contributed by atoms with Gasteiger partial charge in [-0.3, -0.25) is 4.98 Å². The summed E-state index contributed by atoms with van der Waals surface area (Å²) in [6, 6.07) is 2.53. The quantitative estimate of drug-likeness (QED) is 0.811. The lowest BCUT2D eigenvalue weighted by molar-refractivity contribution is -0.141. The molecule has 140 valence electrons. The van der Waals surface area contributed by atoms with Gasteiger partial charge in [0.05, 0.1) is 11.5 Å². The molecule has 0 bridgehead atoms. The highest BCUT2D eigenvalue weighted by Gasteiger charge is 2.49. The maximum absolute atomic E-state index is 12.5. The van der Waals surface area contributed by atoms with Crippen LogP contribution in [0.3, 0.4) is 0 Å². The summed E-state index contributed by atoms with van der Waals surface area (Å²) >= 11 is 0. The summed E-state index contributed by atoms with van der Waals surface area (Å²) in [6.45, 7) is 4.73. The van der Waals surface area contributed by atoms with E-state index in [1.165, 1.54) is 12.3 Å². The Morgan fingerprint density at radius 3 is 2.36 bits per heavy atom. The van der Waals surface area contributed by atoms with Crippen LogP contribution < -0.4 is 0 Å². The molecule has 2 fully saturated rings. The maximum Gasteiger partial charge on any atom is 0.433 e. The number of piperidine rings is 1. The minimum atomic E-state index is -4.40. The molecule has 25 heavy (non-hydrogen) atoms. The van der Waals surface area contributed by atoms with Crippen molar-refractivity contribution in [1.29, 1.82) is 0 Å². The number of pyridine rings is 1. The average Bonchev–Trinajstić information content (AvgIpc) is 2.47. The molecule has 3 heterocycles. The molecule has 0 amide bonds. The highest BCUT2D eigenvalue weighted by Crippen LogP contribution is 2.42. The van der Waals surface area contributed by atoms with Crippen LogP contribution in [0.25, 0.3) is 0 Å². The van der Waals surface area contributed by atoms with Crippen LogP contribution in [-0.2, 0) is 22.4 Å². The van der Waals surface area contributed by atoms with Gasteiger partial charge in [0.1, 0.15) is 5.69 Å². The largest absolute Gasteiger partial charge is 0.433 e. The van der Waals surface area contributed by atoms with Crippen molar-refractivity contribution >= 4 is 9.84 Å². The fraction of sp³-hybridized carbons (Fsp3) is 0.706. The smallest absolute Gasteiger partial charge is 0.303 e. The van der Waals surface area contributed by atoms with Crippen LogP contribution in [0.4, 0.5) is 13.2 Å². The van der Waals surface area contributed by atoms with Gasteiger partial charge >= 0.3 is 6.18 Å². The molecular formula is C17H23F3N2O2S. The van der Waals surface area contributed by atoms with E-state index in [2.05, 4.69) is 16.8 Å². The molecule has 0 N–H and O–H groups in total. The summed E-state index contributed by atoms with van der Waals surface area (Å²) in [7, 11) is -2.79. The lowest BCUT2D eigenvalue weighted by Crippen LogP contribution is -2.55. The van der Waals surface area contributed by atoms with Crippen molar-refractivity contribution in [2.45, 2.75) is 32.4 Å². The fourth-order valence-corrected chi connectivity index (χ4v) is 6.37. The van der Waals surface area contributed by atoms with Crippen LogP contribution in [0, 0.1) is 11.3 Å². The van der Waals surface area contributed by atoms with E-state index < -0.39 is 21.7 Å². The van der Waals surface area contributed by atoms with Crippen LogP contribution in [0.15, 0.2) is 18.3 Å². The first-order chi connectivity index (χ1) is 11.6. The Morgan fingerprint density at radius 1 is 1.24 bits per heavy atom. The van der Waals surface area contributed by atoms with Gasteiger partial charge in [-0.25, -0.2) is 8.42 Å². The standard InChI is InChI=1S/C17H23F3N2O2S/c1-13(8-14-2-3-15(21-9-14)17(18,19)20)10-22-6-4-16(5-7-22)11-25(23,24)12-16/h2-3,9,13H,4-8,10-12H2,1H3/t13-/m0/s1. The van der Waals surface area contributed by atoms with E-state index in [4.69, 9.17) is 0 Å². The van der Waals surface area contributed by atoms with Crippen molar-refractivity contribution in [3.05, 3.63) is 29.6 Å². The third-order valence-corrected chi connectivity index (χ3v) is 7.34. The number of halogens is 3. The van der Waals surface area contributed by atoms with Crippen LogP contribution in [-0.4, -0.2) is 49.4 Å². The summed E-state index contributed by atoms with van der Waals surface area (Å²) in [4.78, 5) is 5.84. The molecule has 0 unspecified atom stereocenters. The number of alkyl halides is 3. The topological polar surface area (TPSA) is 50.3 Å². The van der Waals surface area contributed by atoms with E-state index in [9.17, 15) is 21.6 Å². The molecule has 0 aromatic carbocycles. The Morgan fingerprint density at radius 2 is 1.88 bits per heavy atom. The maximum atomic E-state index is 12.5. The minimum Gasteiger partial charge on any atom is -0.303 e. The van der Waals surface area contributed by atoms with Gasteiger partial charge in [0.2, 0.25) is 0 Å². The van der Waals surface area contributed by atoms with Crippen molar-refractivity contribution in [2.75, 3.05) is 31.1 Å². The summed E-state index contributed by atoms with van der Waals surface area (Å²) in [5.41, 5.74) is -0.0459. The van der Waals surface area contributed by atoms with Gasteiger partial charge in [0, 0.05) is 18.2 Å². The van der Waals surface area contributed by atoms with Crippen LogP contribution >= 0.6 is 0 Å². The number of hydrogen-bond acceptors (Lipinski definition) is 4. The van der Waals surface area contributed by atoms with Gasteiger partial charge in [-0.2, -0.15) is 13.2 Å². The predicted octanol–water partition coefficient (Wildman–Crippen LogP) is 2.79. The number of rotatable bonds is 4. The molecule has 2 aliphatic heterocycles. The van der Waals surface area contributed by atoms with E-state index in [1.54, 1.807) is 0 Å². The molecular weight excluding hydrogens is 353 g/mol. The summed E-state index contributed by atoms with van der Waals surface area (Å²) in [5.74, 6) is 0.971. The van der Waals surface area contributed by atoms with E-state index in [-0.39, 0.29) is 5.41 Å². The zero-order valence-corrected chi connectivity index (χ0v) is 15.0. The normalized spacial score (nSPS) is 24.0. The molecule has 1 aromatic rings. The minimum absolute atomic E-state index is 0.00984. The summed E-state index contributed by atoms with van der Waals surface area (Å²) < 4.78 is 60.4. The summed E-state index contributed by atoms with van der Waals surface area (Å²) in [6.07, 6.45) is -0.574. The Hall–Kier alpha value is -1.15. The number of likely N-dealkylation sites (tertiary alicyclic amines) is 1. The molecule has 1 aromatic heterocycles. The van der Waals surface area contributed by atoms with Crippen molar-refractivity contribution < 1.29 is 21.6 Å². The number of aromatic nitrogens is 1. The first-order valence-electron chi connectivity index (χ1n) is 8.52. The second kappa shape index (κ2) is 6.54. The van der Waals surface area contributed by atoms with Gasteiger partial charge in [0.25, 0.3) is 0 Å². The number of hydrogen-bond donors (Lipinski definition) is 0. The molecule has 0 saturated carbocycles. The fourth-order valence-electron chi connectivity index (χ4n) is 4.01. The molecule has 0 radical (unpaired) electrons. The molecule has 2 saturated heterocycles. The zero-order chi connectivity index (χ0) is 18.3. The molecule has 8 heteroatoms. The van der Waals surface area contributed by atoms with E-state index >= 15 is 0 Å². The van der Waals surface area contributed by atoms with Gasteiger partial charge < -0.3 is 4.90 Å². The van der Waals surface area contributed by atoms with Crippen LogP contribution in [0.5, 0.6) is 0 Å². The first kappa shape index (κ1) is 18.6. The van der Waals surface area contributed by atoms with Crippen molar-refractivity contribution in [1.82, 2.24) is 9.88 Å². The van der Waals surface area contributed by atoms with Crippen LogP contribution in [0.2, 0.25) is 0 Å². The average molecular weight is 376 g/mol. The second-order valence-electron chi connectivity index (χ2n) is 7.69. The van der Waals surface area contributed by atoms with Gasteiger partial charge in [-0.1, -0.05) is 13.0 Å². The van der Waals surface area contributed by atoms with E-state index in [1.807, 2.05) is 0 Å². The molecule has 0 aliphatic carbocycles.